The third-order valence-corrected chi connectivity index (χ3v) is 4.92. The van der Waals surface area contributed by atoms with E-state index < -0.39 is 0 Å². The first-order chi connectivity index (χ1) is 14.7. The van der Waals surface area contributed by atoms with Crippen LogP contribution in [0.25, 0.3) is 5.69 Å². The maximum atomic E-state index is 12.5. The van der Waals surface area contributed by atoms with Crippen LogP contribution in [-0.4, -0.2) is 37.0 Å². The number of nitrogens with one attached hydrogen (secondary N) is 1. The van der Waals surface area contributed by atoms with Gasteiger partial charge in [0, 0.05) is 0 Å². The predicted octanol–water partition coefficient (Wildman–Crippen LogP) is 3.89. The number of para-hydroxylation sites is 3. The molecule has 0 radical (unpaired) electrons. The molecular formula is C21H17N5O3S. The average Bonchev–Trinajstić information content (AvgIpc) is 3.24. The molecule has 0 atom stereocenters. The number of ether oxygens (including phenoxy) is 1. The van der Waals surface area contributed by atoms with Crippen molar-refractivity contribution in [2.45, 2.75) is 5.16 Å². The highest BCUT2D eigenvalue weighted by molar-refractivity contribution is 7.99. The van der Waals surface area contributed by atoms with Gasteiger partial charge in [-0.3, -0.25) is 4.79 Å². The number of hydrogen-bond donors (Lipinski definition) is 2. The molecule has 30 heavy (non-hydrogen) atoms. The van der Waals surface area contributed by atoms with E-state index in [1.54, 1.807) is 36.4 Å². The maximum absolute atomic E-state index is 12.5. The number of benzene rings is 3. The Morgan fingerprint density at radius 3 is 2.53 bits per heavy atom. The number of thioether (sulfide) groups is 1. The van der Waals surface area contributed by atoms with Crippen LogP contribution < -0.4 is 10.1 Å². The summed E-state index contributed by atoms with van der Waals surface area (Å²) in [5, 5.41) is 24.3. The fourth-order valence-electron chi connectivity index (χ4n) is 2.62. The van der Waals surface area contributed by atoms with E-state index in [1.807, 2.05) is 42.5 Å². The van der Waals surface area contributed by atoms with Crippen molar-refractivity contribution in [3.05, 3.63) is 78.9 Å². The summed E-state index contributed by atoms with van der Waals surface area (Å²) in [4.78, 5) is 12.5. The van der Waals surface area contributed by atoms with Gasteiger partial charge in [0.1, 0.15) is 11.5 Å². The number of rotatable bonds is 7. The predicted molar refractivity (Wildman–Crippen MR) is 113 cm³/mol. The normalized spacial score (nSPS) is 10.5. The number of nitrogens with zero attached hydrogens (tertiary/aromatic N) is 4. The molecule has 0 aliphatic rings. The van der Waals surface area contributed by atoms with Crippen LogP contribution in [-0.2, 0) is 4.79 Å². The van der Waals surface area contributed by atoms with Gasteiger partial charge in [-0.05, 0) is 59.0 Å². The van der Waals surface area contributed by atoms with Crippen molar-refractivity contribution in [2.24, 2.45) is 0 Å². The van der Waals surface area contributed by atoms with Crippen LogP contribution >= 0.6 is 11.8 Å². The fraction of sp³-hybridized carbons (Fsp3) is 0.0476. The quantitative estimate of drug-likeness (QED) is 0.438. The number of anilines is 1. The number of aromatic hydroxyl groups is 1. The van der Waals surface area contributed by atoms with Crippen LogP contribution in [0.2, 0.25) is 0 Å². The summed E-state index contributed by atoms with van der Waals surface area (Å²) in [6, 6.07) is 23.1. The van der Waals surface area contributed by atoms with Gasteiger partial charge in [-0.1, -0.05) is 42.1 Å². The number of phenols is 1. The van der Waals surface area contributed by atoms with Gasteiger partial charge >= 0.3 is 0 Å². The van der Waals surface area contributed by atoms with Crippen molar-refractivity contribution in [1.82, 2.24) is 20.2 Å². The lowest BCUT2D eigenvalue weighted by atomic mass is 10.3. The largest absolute Gasteiger partial charge is 0.508 e. The zero-order valence-electron chi connectivity index (χ0n) is 15.7. The van der Waals surface area contributed by atoms with Gasteiger partial charge in [0.15, 0.2) is 5.75 Å². The highest BCUT2D eigenvalue weighted by atomic mass is 32.2. The lowest BCUT2D eigenvalue weighted by Gasteiger charge is -2.12. The van der Waals surface area contributed by atoms with Crippen molar-refractivity contribution in [3.63, 3.8) is 0 Å². The van der Waals surface area contributed by atoms with Gasteiger partial charge in [0.25, 0.3) is 0 Å². The molecule has 0 unspecified atom stereocenters. The number of amides is 1. The molecule has 4 rings (SSSR count). The minimum absolute atomic E-state index is 0.109. The van der Waals surface area contributed by atoms with Crippen molar-refractivity contribution in [2.75, 3.05) is 11.1 Å². The van der Waals surface area contributed by atoms with E-state index in [0.717, 1.165) is 0 Å². The second-order valence-electron chi connectivity index (χ2n) is 6.14. The zero-order valence-corrected chi connectivity index (χ0v) is 16.5. The Hall–Kier alpha value is -3.85. The Morgan fingerprint density at radius 2 is 1.73 bits per heavy atom. The summed E-state index contributed by atoms with van der Waals surface area (Å²) >= 11 is 1.20. The van der Waals surface area contributed by atoms with E-state index in [0.29, 0.717) is 28.0 Å². The van der Waals surface area contributed by atoms with E-state index in [1.165, 1.54) is 16.4 Å². The van der Waals surface area contributed by atoms with E-state index in [9.17, 15) is 9.90 Å². The average molecular weight is 419 g/mol. The Labute approximate surface area is 176 Å². The number of carbonyl (C=O) groups excluding carboxylic acids is 1. The summed E-state index contributed by atoms with van der Waals surface area (Å²) in [7, 11) is 0. The molecule has 1 heterocycles. The summed E-state index contributed by atoms with van der Waals surface area (Å²) in [6.07, 6.45) is 0. The first-order valence-electron chi connectivity index (χ1n) is 9.01. The minimum atomic E-state index is -0.218. The van der Waals surface area contributed by atoms with Gasteiger partial charge in [-0.2, -0.15) is 4.68 Å². The number of hydrogen-bond acceptors (Lipinski definition) is 7. The summed E-state index contributed by atoms with van der Waals surface area (Å²) in [6.45, 7) is 0. The Bertz CT molecular complexity index is 1130. The standard InChI is InChI=1S/C21H17N5O3S/c27-16-12-10-15(11-13-16)26-21(23-24-25-26)30-14-20(28)22-18-8-4-5-9-19(18)29-17-6-2-1-3-7-17/h1-13,27H,14H2,(H,22,28). The Morgan fingerprint density at radius 1 is 1.00 bits per heavy atom. The molecule has 0 saturated heterocycles. The molecule has 2 N–H and O–H groups in total. The SMILES string of the molecule is O=C(CSc1nnnn1-c1ccc(O)cc1)Nc1ccccc1Oc1ccccc1. The minimum Gasteiger partial charge on any atom is -0.508 e. The fourth-order valence-corrected chi connectivity index (χ4v) is 3.31. The molecule has 9 heteroatoms. The second kappa shape index (κ2) is 9.10. The third kappa shape index (κ3) is 4.76. The molecule has 4 aromatic rings. The molecule has 0 bridgehead atoms. The van der Waals surface area contributed by atoms with Crippen molar-refractivity contribution in [1.29, 1.82) is 0 Å². The van der Waals surface area contributed by atoms with Crippen molar-refractivity contribution >= 4 is 23.4 Å². The van der Waals surface area contributed by atoms with E-state index >= 15 is 0 Å². The van der Waals surface area contributed by atoms with Crippen LogP contribution in [0, 0.1) is 0 Å². The van der Waals surface area contributed by atoms with Gasteiger partial charge < -0.3 is 15.2 Å². The Balaban J connectivity index is 1.41. The monoisotopic (exact) mass is 419 g/mol. The van der Waals surface area contributed by atoms with Gasteiger partial charge in [0.2, 0.25) is 11.1 Å². The van der Waals surface area contributed by atoms with Crippen LogP contribution in [0.5, 0.6) is 17.2 Å². The van der Waals surface area contributed by atoms with Crippen molar-refractivity contribution in [3.8, 4) is 22.9 Å². The molecule has 0 spiro atoms. The van der Waals surface area contributed by atoms with Crippen LogP contribution in [0.1, 0.15) is 0 Å². The lowest BCUT2D eigenvalue weighted by molar-refractivity contribution is -0.113. The summed E-state index contributed by atoms with van der Waals surface area (Å²) in [5.74, 6) is 1.27. The first kappa shape index (κ1) is 19.5. The van der Waals surface area contributed by atoms with Crippen LogP contribution in [0.4, 0.5) is 5.69 Å². The van der Waals surface area contributed by atoms with Crippen molar-refractivity contribution < 1.29 is 14.6 Å². The first-order valence-corrected chi connectivity index (χ1v) is 10.00. The maximum Gasteiger partial charge on any atom is 0.234 e. The Kier molecular flexibility index (Phi) is 5.90. The number of carbonyl (C=O) groups is 1. The molecule has 1 aromatic heterocycles. The van der Waals surface area contributed by atoms with E-state index in [4.69, 9.17) is 4.74 Å². The molecule has 1 amide bonds. The lowest BCUT2D eigenvalue weighted by Crippen LogP contribution is -2.15. The highest BCUT2D eigenvalue weighted by Crippen LogP contribution is 2.29. The molecule has 8 nitrogen and oxygen atoms in total. The molecule has 0 fully saturated rings. The highest BCUT2D eigenvalue weighted by Gasteiger charge is 2.13. The molecule has 3 aromatic carbocycles. The van der Waals surface area contributed by atoms with E-state index in [2.05, 4.69) is 20.8 Å². The molecule has 0 aliphatic heterocycles. The smallest absolute Gasteiger partial charge is 0.234 e. The molecule has 150 valence electrons. The van der Waals surface area contributed by atoms with Crippen LogP contribution in [0.3, 0.4) is 0 Å². The molecule has 0 saturated carbocycles. The van der Waals surface area contributed by atoms with Gasteiger partial charge in [-0.15, -0.1) is 5.10 Å². The van der Waals surface area contributed by atoms with Gasteiger partial charge in [-0.25, -0.2) is 0 Å². The van der Waals surface area contributed by atoms with Crippen LogP contribution in [0.15, 0.2) is 84.0 Å². The molecular weight excluding hydrogens is 402 g/mol. The topological polar surface area (TPSA) is 102 Å². The zero-order chi connectivity index (χ0) is 20.8. The van der Waals surface area contributed by atoms with Gasteiger partial charge in [0.05, 0.1) is 17.1 Å². The molecule has 0 aliphatic carbocycles. The number of aromatic nitrogens is 4. The number of phenolic OH excluding ortho intramolecular Hbond substituents is 1. The number of tetrazole rings is 1. The second-order valence-corrected chi connectivity index (χ2v) is 7.08. The summed E-state index contributed by atoms with van der Waals surface area (Å²) in [5.41, 5.74) is 1.26. The summed E-state index contributed by atoms with van der Waals surface area (Å²) < 4.78 is 7.37. The third-order valence-electron chi connectivity index (χ3n) is 4.00. The van der Waals surface area contributed by atoms with E-state index in [-0.39, 0.29) is 17.4 Å².